The lowest BCUT2D eigenvalue weighted by Crippen LogP contribution is -2.46. The molecule has 0 bridgehead atoms. The second kappa shape index (κ2) is 7.38. The summed E-state index contributed by atoms with van der Waals surface area (Å²) in [6.45, 7) is 0. The third-order valence-corrected chi connectivity index (χ3v) is 6.90. The Morgan fingerprint density at radius 3 is 2.30 bits per heavy atom. The van der Waals surface area contributed by atoms with Gasteiger partial charge in [0.1, 0.15) is 0 Å². The van der Waals surface area contributed by atoms with Crippen molar-refractivity contribution in [3.05, 3.63) is 47.5 Å². The van der Waals surface area contributed by atoms with Gasteiger partial charge < -0.3 is 19.3 Å². The minimum atomic E-state index is -3.69. The Labute approximate surface area is 159 Å². The predicted octanol–water partition coefficient (Wildman–Crippen LogP) is 1.99. The minimum Gasteiger partial charge on any atom is -0.493 e. The smallest absolute Gasteiger partial charge is 0.243 e. The predicted molar refractivity (Wildman–Crippen MR) is 99.9 cm³/mol. The third-order valence-electron chi connectivity index (χ3n) is 4.94. The Bertz CT molecular complexity index is 943. The number of nitrogens with zero attached hydrogens (tertiary/aromatic N) is 1. The molecule has 27 heavy (non-hydrogen) atoms. The van der Waals surface area contributed by atoms with Crippen molar-refractivity contribution in [2.24, 2.45) is 0 Å². The highest BCUT2D eigenvalue weighted by Crippen LogP contribution is 2.43. The average Bonchev–Trinajstić information content (AvgIpc) is 2.69. The molecule has 0 amide bonds. The highest BCUT2D eigenvalue weighted by Gasteiger charge is 2.41. The number of benzene rings is 2. The zero-order valence-electron chi connectivity index (χ0n) is 15.7. The molecule has 0 aromatic heterocycles. The largest absolute Gasteiger partial charge is 0.493 e. The fourth-order valence-electron chi connectivity index (χ4n) is 3.49. The van der Waals surface area contributed by atoms with Crippen LogP contribution in [0.4, 0.5) is 0 Å². The van der Waals surface area contributed by atoms with Gasteiger partial charge in [0.25, 0.3) is 0 Å². The minimum absolute atomic E-state index is 0.135. The van der Waals surface area contributed by atoms with E-state index in [-0.39, 0.29) is 11.3 Å². The monoisotopic (exact) mass is 393 g/mol. The van der Waals surface area contributed by atoms with E-state index in [0.717, 1.165) is 0 Å². The van der Waals surface area contributed by atoms with Crippen LogP contribution in [0.3, 0.4) is 0 Å². The Morgan fingerprint density at radius 1 is 1.00 bits per heavy atom. The normalized spacial score (nSPS) is 21.4. The van der Waals surface area contributed by atoms with Crippen LogP contribution in [0.25, 0.3) is 0 Å². The Morgan fingerprint density at radius 2 is 1.67 bits per heavy atom. The molecule has 2 aromatic carbocycles. The SMILES string of the molecule is COc1ccc(CC2C(O)c3ccccc3S(=O)(=O)N2C)c(OC)c1OC. The summed E-state index contributed by atoms with van der Waals surface area (Å²) in [5.41, 5.74) is 1.11. The van der Waals surface area contributed by atoms with E-state index in [1.54, 1.807) is 30.3 Å². The summed E-state index contributed by atoms with van der Waals surface area (Å²) in [6, 6.07) is 9.35. The standard InChI is InChI=1S/C19H23NO6S/c1-20-14(17(21)13-7-5-6-8-16(13)27(20,22)23)11-12-9-10-15(24-2)19(26-4)18(12)25-3/h5-10,14,17,21H,11H2,1-4H3. The number of aliphatic hydroxyl groups is 1. The van der Waals surface area contributed by atoms with Crippen LogP contribution in [0.15, 0.2) is 41.3 Å². The van der Waals surface area contributed by atoms with Gasteiger partial charge in [-0.3, -0.25) is 0 Å². The number of fused-ring (bicyclic) bond motifs is 1. The molecule has 0 spiro atoms. The van der Waals surface area contributed by atoms with Crippen LogP contribution < -0.4 is 14.2 Å². The molecule has 0 fully saturated rings. The van der Waals surface area contributed by atoms with E-state index < -0.39 is 22.2 Å². The molecule has 1 aliphatic heterocycles. The lowest BCUT2D eigenvalue weighted by molar-refractivity contribution is 0.0888. The van der Waals surface area contributed by atoms with Crippen LogP contribution in [-0.2, 0) is 16.4 Å². The van der Waals surface area contributed by atoms with Crippen LogP contribution in [0.1, 0.15) is 17.2 Å². The summed E-state index contributed by atoms with van der Waals surface area (Å²) in [5, 5.41) is 10.9. The molecule has 0 aliphatic carbocycles. The second-order valence-corrected chi connectivity index (χ2v) is 8.23. The number of ether oxygens (including phenoxy) is 3. The van der Waals surface area contributed by atoms with E-state index in [2.05, 4.69) is 0 Å². The number of hydrogen-bond donors (Lipinski definition) is 1. The van der Waals surface area contributed by atoms with Crippen LogP contribution >= 0.6 is 0 Å². The Hall–Kier alpha value is -2.29. The van der Waals surface area contributed by atoms with Crippen LogP contribution in [0.5, 0.6) is 17.2 Å². The van der Waals surface area contributed by atoms with Gasteiger partial charge in [0.15, 0.2) is 11.5 Å². The molecule has 1 heterocycles. The molecular formula is C19H23NO6S. The van der Waals surface area contributed by atoms with E-state index in [9.17, 15) is 13.5 Å². The summed E-state index contributed by atoms with van der Waals surface area (Å²) < 4.78 is 43.1. The number of sulfonamides is 1. The van der Waals surface area contributed by atoms with Gasteiger partial charge in [-0.1, -0.05) is 24.3 Å². The fourth-order valence-corrected chi connectivity index (χ4v) is 5.08. The summed E-state index contributed by atoms with van der Waals surface area (Å²) in [7, 11) is 2.33. The van der Waals surface area contributed by atoms with Gasteiger partial charge in [0.2, 0.25) is 15.8 Å². The molecule has 2 unspecified atom stereocenters. The molecule has 1 aliphatic rings. The van der Waals surface area contributed by atoms with Gasteiger partial charge in [-0.05, 0) is 24.1 Å². The molecule has 0 radical (unpaired) electrons. The molecule has 2 atom stereocenters. The first-order chi connectivity index (χ1) is 12.9. The molecule has 7 nitrogen and oxygen atoms in total. The first-order valence-electron chi connectivity index (χ1n) is 8.39. The molecule has 0 saturated heterocycles. The average molecular weight is 393 g/mol. The van der Waals surface area contributed by atoms with E-state index >= 15 is 0 Å². The van der Waals surface area contributed by atoms with E-state index in [1.807, 2.05) is 0 Å². The maximum atomic E-state index is 12.9. The maximum absolute atomic E-state index is 12.9. The van der Waals surface area contributed by atoms with Crippen LogP contribution in [0, 0.1) is 0 Å². The molecular weight excluding hydrogens is 370 g/mol. The summed E-state index contributed by atoms with van der Waals surface area (Å²) in [4.78, 5) is 0.135. The van der Waals surface area contributed by atoms with Crippen molar-refractivity contribution in [2.75, 3.05) is 28.4 Å². The molecule has 2 aromatic rings. The summed E-state index contributed by atoms with van der Waals surface area (Å²) in [5.74, 6) is 1.39. The number of aliphatic hydroxyl groups excluding tert-OH is 1. The molecule has 8 heteroatoms. The zero-order valence-corrected chi connectivity index (χ0v) is 16.5. The molecule has 146 valence electrons. The third kappa shape index (κ3) is 3.13. The number of hydrogen-bond acceptors (Lipinski definition) is 6. The van der Waals surface area contributed by atoms with Crippen molar-refractivity contribution >= 4 is 10.0 Å². The lowest BCUT2D eigenvalue weighted by Gasteiger charge is -2.37. The number of likely N-dealkylation sites (N-methyl/N-ethyl adjacent to an activating group) is 1. The van der Waals surface area contributed by atoms with Crippen LogP contribution in [-0.4, -0.2) is 52.2 Å². The van der Waals surface area contributed by atoms with Gasteiger partial charge in [-0.15, -0.1) is 0 Å². The van der Waals surface area contributed by atoms with Gasteiger partial charge in [-0.25, -0.2) is 8.42 Å². The van der Waals surface area contributed by atoms with Crippen molar-refractivity contribution in [3.63, 3.8) is 0 Å². The quantitative estimate of drug-likeness (QED) is 0.836. The van der Waals surface area contributed by atoms with Gasteiger partial charge in [0.05, 0.1) is 38.4 Å². The first-order valence-corrected chi connectivity index (χ1v) is 9.83. The van der Waals surface area contributed by atoms with Crippen molar-refractivity contribution in [2.45, 2.75) is 23.5 Å². The number of methoxy groups -OCH3 is 3. The lowest BCUT2D eigenvalue weighted by atomic mass is 9.95. The summed E-state index contributed by atoms with van der Waals surface area (Å²) >= 11 is 0. The van der Waals surface area contributed by atoms with Crippen molar-refractivity contribution in [1.82, 2.24) is 4.31 Å². The first kappa shape index (κ1) is 19.5. The van der Waals surface area contributed by atoms with Crippen molar-refractivity contribution in [3.8, 4) is 17.2 Å². The van der Waals surface area contributed by atoms with E-state index in [4.69, 9.17) is 14.2 Å². The van der Waals surface area contributed by atoms with Crippen molar-refractivity contribution in [1.29, 1.82) is 0 Å². The van der Waals surface area contributed by atoms with E-state index in [1.165, 1.54) is 38.7 Å². The fraction of sp³-hybridized carbons (Fsp3) is 0.368. The Balaban J connectivity index is 2.06. The number of rotatable bonds is 5. The highest BCUT2D eigenvalue weighted by atomic mass is 32.2. The Kier molecular flexibility index (Phi) is 5.32. The van der Waals surface area contributed by atoms with Crippen LogP contribution in [0.2, 0.25) is 0 Å². The topological polar surface area (TPSA) is 85.3 Å². The van der Waals surface area contributed by atoms with Gasteiger partial charge >= 0.3 is 0 Å². The summed E-state index contributed by atoms with van der Waals surface area (Å²) in [6.07, 6.45) is -0.720. The maximum Gasteiger partial charge on any atom is 0.243 e. The molecule has 1 N–H and O–H groups in total. The highest BCUT2D eigenvalue weighted by molar-refractivity contribution is 7.89. The van der Waals surface area contributed by atoms with Crippen molar-refractivity contribution < 1.29 is 27.7 Å². The van der Waals surface area contributed by atoms with Gasteiger partial charge in [-0.2, -0.15) is 4.31 Å². The zero-order chi connectivity index (χ0) is 19.8. The molecule has 0 saturated carbocycles. The second-order valence-electron chi connectivity index (χ2n) is 6.27. The molecule has 3 rings (SSSR count). The van der Waals surface area contributed by atoms with Gasteiger partial charge in [0, 0.05) is 12.6 Å². The van der Waals surface area contributed by atoms with E-state index in [0.29, 0.717) is 28.4 Å².